The second-order valence-electron chi connectivity index (χ2n) is 6.23. The number of halogens is 3. The van der Waals surface area contributed by atoms with E-state index in [0.717, 1.165) is 28.6 Å². The first-order valence-corrected chi connectivity index (χ1v) is 8.45. The Labute approximate surface area is 153 Å². The lowest BCUT2D eigenvalue weighted by Crippen LogP contribution is -2.46. The third kappa shape index (κ3) is 2.66. The maximum absolute atomic E-state index is 14.6. The van der Waals surface area contributed by atoms with Gasteiger partial charge in [-0.1, -0.05) is 29.8 Å². The predicted molar refractivity (Wildman–Crippen MR) is 94.2 cm³/mol. The maximum Gasteiger partial charge on any atom is 0.323 e. The average Bonchev–Trinajstić information content (AvgIpc) is 2.99. The molecule has 0 spiro atoms. The minimum Gasteiger partial charge on any atom is -0.468 e. The summed E-state index contributed by atoms with van der Waals surface area (Å²) in [5, 5.41) is 3.90. The highest BCUT2D eigenvalue weighted by Gasteiger charge is 2.37. The smallest absolute Gasteiger partial charge is 0.323 e. The van der Waals surface area contributed by atoms with Gasteiger partial charge in [0.15, 0.2) is 0 Å². The molecule has 3 aromatic rings. The highest BCUT2D eigenvalue weighted by molar-refractivity contribution is 6.30. The van der Waals surface area contributed by atoms with E-state index in [4.69, 9.17) is 16.3 Å². The minimum absolute atomic E-state index is 0.0269. The number of nitrogens with one attached hydrogen (secondary N) is 2. The van der Waals surface area contributed by atoms with Gasteiger partial charge < -0.3 is 9.72 Å². The monoisotopic (exact) mass is 376 g/mol. The number of hydrogen-bond acceptors (Lipinski definition) is 3. The van der Waals surface area contributed by atoms with E-state index >= 15 is 0 Å². The Morgan fingerprint density at radius 2 is 1.92 bits per heavy atom. The molecule has 2 N–H and O–H groups in total. The van der Waals surface area contributed by atoms with Crippen molar-refractivity contribution in [1.29, 1.82) is 0 Å². The molecule has 0 radical (unpaired) electrons. The molecule has 0 saturated carbocycles. The van der Waals surface area contributed by atoms with Gasteiger partial charge >= 0.3 is 5.97 Å². The Morgan fingerprint density at radius 3 is 2.62 bits per heavy atom. The molecule has 0 bridgehead atoms. The van der Waals surface area contributed by atoms with Gasteiger partial charge in [0.25, 0.3) is 0 Å². The summed E-state index contributed by atoms with van der Waals surface area (Å²) in [5.41, 5.74) is 2.13. The van der Waals surface area contributed by atoms with E-state index in [9.17, 15) is 13.6 Å². The number of rotatable bonds is 2. The summed E-state index contributed by atoms with van der Waals surface area (Å²) in [6.07, 6.45) is 0.360. The molecule has 0 unspecified atom stereocenters. The van der Waals surface area contributed by atoms with Crippen molar-refractivity contribution in [2.75, 3.05) is 7.11 Å². The first-order valence-electron chi connectivity index (χ1n) is 8.07. The quantitative estimate of drug-likeness (QED) is 0.667. The lowest BCUT2D eigenvalue weighted by atomic mass is 9.90. The highest BCUT2D eigenvalue weighted by atomic mass is 35.5. The SMILES string of the molecule is COC(=O)[C@@H]1Cc2c([nH]c3ccccc23)[C@@H](c2c(F)cc(Cl)cc2F)N1. The number of esters is 1. The zero-order valence-electron chi connectivity index (χ0n) is 13.8. The first-order chi connectivity index (χ1) is 12.5. The highest BCUT2D eigenvalue weighted by Crippen LogP contribution is 2.37. The molecule has 2 atom stereocenters. The third-order valence-corrected chi connectivity index (χ3v) is 4.95. The molecule has 1 aliphatic rings. The molecule has 0 saturated heterocycles. The van der Waals surface area contributed by atoms with E-state index < -0.39 is 29.7 Å². The number of carbonyl (C=O) groups excluding carboxylic acids is 1. The molecule has 0 amide bonds. The lowest BCUT2D eigenvalue weighted by Gasteiger charge is -2.30. The van der Waals surface area contributed by atoms with Crippen LogP contribution in [-0.2, 0) is 16.0 Å². The van der Waals surface area contributed by atoms with E-state index in [1.54, 1.807) is 0 Å². The van der Waals surface area contributed by atoms with E-state index in [1.807, 2.05) is 24.3 Å². The number of ether oxygens (including phenoxy) is 1. The van der Waals surface area contributed by atoms with Crippen LogP contribution in [0, 0.1) is 11.6 Å². The molecule has 1 aromatic heterocycles. The van der Waals surface area contributed by atoms with Crippen LogP contribution < -0.4 is 5.32 Å². The van der Waals surface area contributed by atoms with Crippen molar-refractivity contribution in [3.8, 4) is 0 Å². The van der Waals surface area contributed by atoms with Crippen LogP contribution in [0.15, 0.2) is 36.4 Å². The summed E-state index contributed by atoms with van der Waals surface area (Å²) in [6.45, 7) is 0. The van der Waals surface area contributed by atoms with Crippen LogP contribution in [0.4, 0.5) is 8.78 Å². The lowest BCUT2D eigenvalue weighted by molar-refractivity contribution is -0.143. The van der Waals surface area contributed by atoms with Gasteiger partial charge in [-0.05, 0) is 23.8 Å². The predicted octanol–water partition coefficient (Wildman–Crippen LogP) is 3.88. The van der Waals surface area contributed by atoms with Gasteiger partial charge in [0, 0.05) is 33.6 Å². The van der Waals surface area contributed by atoms with Crippen LogP contribution in [0.5, 0.6) is 0 Å². The van der Waals surface area contributed by atoms with Crippen molar-refractivity contribution in [3.63, 3.8) is 0 Å². The summed E-state index contributed by atoms with van der Waals surface area (Å²) in [5.74, 6) is -2.04. The second kappa shape index (κ2) is 6.37. The Bertz CT molecular complexity index is 995. The average molecular weight is 377 g/mol. The zero-order chi connectivity index (χ0) is 18.4. The van der Waals surface area contributed by atoms with Crippen LogP contribution >= 0.6 is 11.6 Å². The Hall–Kier alpha value is -2.44. The molecule has 134 valence electrons. The van der Waals surface area contributed by atoms with Crippen molar-refractivity contribution >= 4 is 28.5 Å². The number of aromatic nitrogens is 1. The standard InChI is InChI=1S/C19H15ClF2N2O2/c1-26-19(25)15-8-11-10-4-2-3-5-14(10)23-17(11)18(24-15)16-12(21)6-9(20)7-13(16)22/h2-7,15,18,23-24H,8H2,1H3/t15-,18+/m0/s1. The number of aromatic amines is 1. The fraction of sp³-hybridized carbons (Fsp3) is 0.211. The topological polar surface area (TPSA) is 54.1 Å². The number of carbonyl (C=O) groups is 1. The zero-order valence-corrected chi connectivity index (χ0v) is 14.5. The third-order valence-electron chi connectivity index (χ3n) is 4.73. The molecule has 1 aliphatic heterocycles. The largest absolute Gasteiger partial charge is 0.468 e. The van der Waals surface area contributed by atoms with Crippen LogP contribution in [-0.4, -0.2) is 24.1 Å². The summed E-state index contributed by atoms with van der Waals surface area (Å²) in [6, 6.07) is 8.08. The fourth-order valence-corrected chi connectivity index (χ4v) is 3.78. The Kier molecular flexibility index (Phi) is 4.17. The molecule has 4 nitrogen and oxygen atoms in total. The molecular formula is C19H15ClF2N2O2. The van der Waals surface area contributed by atoms with Gasteiger partial charge in [-0.3, -0.25) is 10.1 Å². The van der Waals surface area contributed by atoms with E-state index in [2.05, 4.69) is 10.3 Å². The van der Waals surface area contributed by atoms with Crippen molar-refractivity contribution in [2.45, 2.75) is 18.5 Å². The summed E-state index contributed by atoms with van der Waals surface area (Å²) in [4.78, 5) is 15.4. The van der Waals surface area contributed by atoms with Gasteiger partial charge in [-0.25, -0.2) is 8.78 Å². The summed E-state index contributed by atoms with van der Waals surface area (Å²) >= 11 is 5.74. The molecule has 26 heavy (non-hydrogen) atoms. The Morgan fingerprint density at radius 1 is 1.23 bits per heavy atom. The molecular weight excluding hydrogens is 362 g/mol. The molecule has 0 aliphatic carbocycles. The molecule has 2 aromatic carbocycles. The van der Waals surface area contributed by atoms with E-state index in [-0.39, 0.29) is 10.6 Å². The second-order valence-corrected chi connectivity index (χ2v) is 6.66. The summed E-state index contributed by atoms with van der Waals surface area (Å²) in [7, 11) is 1.28. The van der Waals surface area contributed by atoms with Crippen LogP contribution in [0.1, 0.15) is 22.9 Å². The number of para-hydroxylation sites is 1. The van der Waals surface area contributed by atoms with Gasteiger partial charge in [0.1, 0.15) is 17.7 Å². The molecule has 4 rings (SSSR count). The normalized spacial score (nSPS) is 19.4. The number of benzene rings is 2. The molecule has 7 heteroatoms. The van der Waals surface area contributed by atoms with E-state index in [0.29, 0.717) is 12.1 Å². The maximum atomic E-state index is 14.6. The van der Waals surface area contributed by atoms with Crippen molar-refractivity contribution in [3.05, 3.63) is 69.9 Å². The van der Waals surface area contributed by atoms with Gasteiger partial charge in [-0.2, -0.15) is 0 Å². The van der Waals surface area contributed by atoms with Gasteiger partial charge in [0.05, 0.1) is 13.2 Å². The number of methoxy groups -OCH3 is 1. The van der Waals surface area contributed by atoms with Crippen molar-refractivity contribution in [1.82, 2.24) is 10.3 Å². The van der Waals surface area contributed by atoms with Crippen LogP contribution in [0.3, 0.4) is 0 Å². The molecule has 0 fully saturated rings. The van der Waals surface area contributed by atoms with Crippen molar-refractivity contribution in [2.24, 2.45) is 0 Å². The minimum atomic E-state index is -0.868. The van der Waals surface area contributed by atoms with Crippen LogP contribution in [0.25, 0.3) is 10.9 Å². The van der Waals surface area contributed by atoms with Gasteiger partial charge in [0.2, 0.25) is 0 Å². The first kappa shape index (κ1) is 17.0. The number of fused-ring (bicyclic) bond motifs is 3. The summed E-state index contributed by atoms with van der Waals surface area (Å²) < 4.78 is 34.0. The van der Waals surface area contributed by atoms with Crippen LogP contribution in [0.2, 0.25) is 5.02 Å². The Balaban J connectivity index is 1.93. The number of hydrogen-bond donors (Lipinski definition) is 2. The van der Waals surface area contributed by atoms with E-state index in [1.165, 1.54) is 7.11 Å². The van der Waals surface area contributed by atoms with Crippen molar-refractivity contribution < 1.29 is 18.3 Å². The number of H-pyrrole nitrogens is 1. The molecule has 2 heterocycles. The fourth-order valence-electron chi connectivity index (χ4n) is 3.59. The van der Waals surface area contributed by atoms with Gasteiger partial charge in [-0.15, -0.1) is 0 Å².